The van der Waals surface area contributed by atoms with Crippen molar-refractivity contribution in [2.75, 3.05) is 0 Å². The van der Waals surface area contributed by atoms with Crippen LogP contribution in [0.2, 0.25) is 0 Å². The molecule has 0 aliphatic carbocycles. The summed E-state index contributed by atoms with van der Waals surface area (Å²) in [5.74, 6) is -0.119. The van der Waals surface area contributed by atoms with Gasteiger partial charge in [-0.25, -0.2) is 4.98 Å². The van der Waals surface area contributed by atoms with Crippen LogP contribution in [0.4, 0.5) is 0 Å². The Bertz CT molecular complexity index is 271. The molecule has 0 saturated carbocycles. The Balaban J connectivity index is 2.85. The van der Waals surface area contributed by atoms with Gasteiger partial charge in [0.15, 0.2) is 9.70 Å². The Morgan fingerprint density at radius 3 is 2.91 bits per heavy atom. The standard InChI is InChI=1S/C6H7BrN2OS/c1-3(8)5(10)4-2-11-6(7)9-4/h2-3H,8H2,1H3. The SMILES string of the molecule is CC(N)C(=O)c1csc(Br)n1. The minimum atomic E-state index is -0.469. The van der Waals surface area contributed by atoms with E-state index >= 15 is 0 Å². The van der Waals surface area contributed by atoms with Gasteiger partial charge in [0.05, 0.1) is 6.04 Å². The van der Waals surface area contributed by atoms with Crippen molar-refractivity contribution in [1.82, 2.24) is 4.98 Å². The third-order valence-corrected chi connectivity index (χ3v) is 2.51. The second kappa shape index (κ2) is 3.42. The van der Waals surface area contributed by atoms with Crippen molar-refractivity contribution < 1.29 is 4.79 Å². The topological polar surface area (TPSA) is 56.0 Å². The lowest BCUT2D eigenvalue weighted by atomic mass is 10.2. The molecule has 5 heteroatoms. The van der Waals surface area contributed by atoms with E-state index in [1.165, 1.54) is 11.3 Å². The minimum Gasteiger partial charge on any atom is -0.321 e. The number of carbonyl (C=O) groups excluding carboxylic acids is 1. The number of rotatable bonds is 2. The third kappa shape index (κ3) is 2.08. The Hall–Kier alpha value is -0.260. The predicted octanol–water partition coefficient (Wildman–Crippen LogP) is 1.44. The highest BCUT2D eigenvalue weighted by molar-refractivity contribution is 9.11. The van der Waals surface area contributed by atoms with Gasteiger partial charge in [-0.1, -0.05) is 0 Å². The minimum absolute atomic E-state index is 0.119. The number of ketones is 1. The summed E-state index contributed by atoms with van der Waals surface area (Å²) in [6.07, 6.45) is 0. The molecule has 0 fully saturated rings. The van der Waals surface area contributed by atoms with Gasteiger partial charge in [-0.2, -0.15) is 0 Å². The van der Waals surface area contributed by atoms with Crippen molar-refractivity contribution in [2.24, 2.45) is 5.73 Å². The molecule has 1 aromatic rings. The maximum atomic E-state index is 11.2. The first kappa shape index (κ1) is 8.83. The van der Waals surface area contributed by atoms with Crippen LogP contribution >= 0.6 is 27.3 Å². The summed E-state index contributed by atoms with van der Waals surface area (Å²) in [5.41, 5.74) is 5.82. The van der Waals surface area contributed by atoms with E-state index in [1.54, 1.807) is 12.3 Å². The van der Waals surface area contributed by atoms with Gasteiger partial charge < -0.3 is 5.73 Å². The number of nitrogens with two attached hydrogens (primary N) is 1. The molecular formula is C6H7BrN2OS. The maximum absolute atomic E-state index is 11.2. The van der Waals surface area contributed by atoms with Crippen LogP contribution in [0.15, 0.2) is 9.30 Å². The van der Waals surface area contributed by atoms with Crippen molar-refractivity contribution in [3.63, 3.8) is 0 Å². The van der Waals surface area contributed by atoms with Crippen LogP contribution in [-0.2, 0) is 0 Å². The molecule has 1 heterocycles. The highest BCUT2D eigenvalue weighted by Gasteiger charge is 2.13. The quantitative estimate of drug-likeness (QED) is 0.789. The fourth-order valence-corrected chi connectivity index (χ4v) is 1.60. The molecule has 0 spiro atoms. The average Bonchev–Trinajstić information content (AvgIpc) is 2.34. The monoisotopic (exact) mass is 234 g/mol. The zero-order chi connectivity index (χ0) is 8.43. The van der Waals surface area contributed by atoms with E-state index in [2.05, 4.69) is 20.9 Å². The van der Waals surface area contributed by atoms with Gasteiger partial charge in [-0.3, -0.25) is 4.79 Å². The zero-order valence-corrected chi connectivity index (χ0v) is 8.28. The molecule has 1 atom stereocenters. The number of halogens is 1. The highest BCUT2D eigenvalue weighted by Crippen LogP contribution is 2.16. The zero-order valence-electron chi connectivity index (χ0n) is 5.87. The molecule has 2 N–H and O–H groups in total. The molecule has 3 nitrogen and oxygen atoms in total. The van der Waals surface area contributed by atoms with Gasteiger partial charge in [0.2, 0.25) is 0 Å². The van der Waals surface area contributed by atoms with E-state index in [4.69, 9.17) is 5.73 Å². The Morgan fingerprint density at radius 1 is 1.91 bits per heavy atom. The normalized spacial score (nSPS) is 13.0. The van der Waals surface area contributed by atoms with Crippen LogP contribution in [0.1, 0.15) is 17.4 Å². The molecule has 60 valence electrons. The predicted molar refractivity (Wildman–Crippen MR) is 47.8 cm³/mol. The molecular weight excluding hydrogens is 228 g/mol. The van der Waals surface area contributed by atoms with Crippen molar-refractivity contribution >= 4 is 33.0 Å². The number of thiazole rings is 1. The molecule has 0 aromatic carbocycles. The maximum Gasteiger partial charge on any atom is 0.198 e. The van der Waals surface area contributed by atoms with Gasteiger partial charge in [-0.15, -0.1) is 11.3 Å². The Kier molecular flexibility index (Phi) is 2.75. The number of carbonyl (C=O) groups is 1. The first-order chi connectivity index (χ1) is 5.11. The average molecular weight is 235 g/mol. The lowest BCUT2D eigenvalue weighted by Crippen LogP contribution is -2.26. The van der Waals surface area contributed by atoms with Crippen molar-refractivity contribution in [1.29, 1.82) is 0 Å². The van der Waals surface area contributed by atoms with Gasteiger partial charge in [-0.05, 0) is 22.9 Å². The summed E-state index contributed by atoms with van der Waals surface area (Å²) in [5, 5.41) is 1.69. The van der Waals surface area contributed by atoms with Crippen LogP contribution in [0.25, 0.3) is 0 Å². The van der Waals surface area contributed by atoms with Crippen LogP contribution in [-0.4, -0.2) is 16.8 Å². The lowest BCUT2D eigenvalue weighted by Gasteiger charge is -1.98. The van der Waals surface area contributed by atoms with Crippen molar-refractivity contribution in [2.45, 2.75) is 13.0 Å². The number of hydrogen-bond acceptors (Lipinski definition) is 4. The summed E-state index contributed by atoms with van der Waals surface area (Å²) < 4.78 is 0.710. The van der Waals surface area contributed by atoms with Crippen molar-refractivity contribution in [3.8, 4) is 0 Å². The van der Waals surface area contributed by atoms with Crippen LogP contribution in [0.5, 0.6) is 0 Å². The van der Waals surface area contributed by atoms with Crippen LogP contribution < -0.4 is 5.73 Å². The second-order valence-electron chi connectivity index (χ2n) is 2.14. The molecule has 1 aromatic heterocycles. The van der Waals surface area contributed by atoms with Gasteiger partial charge in [0.25, 0.3) is 0 Å². The van der Waals surface area contributed by atoms with E-state index in [1.807, 2.05) is 0 Å². The first-order valence-corrected chi connectivity index (χ1v) is 4.69. The van der Waals surface area contributed by atoms with Gasteiger partial charge in [0.1, 0.15) is 5.69 Å². The summed E-state index contributed by atoms with van der Waals surface area (Å²) in [4.78, 5) is 15.1. The third-order valence-electron chi connectivity index (χ3n) is 1.14. The van der Waals surface area contributed by atoms with E-state index < -0.39 is 6.04 Å². The Labute approximate surface area is 76.8 Å². The summed E-state index contributed by atoms with van der Waals surface area (Å²) in [6, 6.07) is -0.469. The molecule has 0 radical (unpaired) electrons. The molecule has 0 aliphatic rings. The molecule has 1 unspecified atom stereocenters. The van der Waals surface area contributed by atoms with E-state index in [-0.39, 0.29) is 5.78 Å². The fraction of sp³-hybridized carbons (Fsp3) is 0.333. The van der Waals surface area contributed by atoms with Crippen LogP contribution in [0.3, 0.4) is 0 Å². The largest absolute Gasteiger partial charge is 0.321 e. The van der Waals surface area contributed by atoms with E-state index in [0.29, 0.717) is 9.61 Å². The number of Topliss-reactive ketones (excluding diaryl/α,β-unsaturated/α-hetero) is 1. The number of hydrogen-bond donors (Lipinski definition) is 1. The summed E-state index contributed by atoms with van der Waals surface area (Å²) in [7, 11) is 0. The smallest absolute Gasteiger partial charge is 0.198 e. The fourth-order valence-electron chi connectivity index (χ4n) is 0.598. The molecule has 1 rings (SSSR count). The van der Waals surface area contributed by atoms with E-state index in [0.717, 1.165) is 0 Å². The second-order valence-corrected chi connectivity index (χ2v) is 4.27. The molecule has 0 aliphatic heterocycles. The Morgan fingerprint density at radius 2 is 2.55 bits per heavy atom. The number of nitrogens with zero attached hydrogens (tertiary/aromatic N) is 1. The van der Waals surface area contributed by atoms with Crippen molar-refractivity contribution in [3.05, 3.63) is 15.0 Å². The van der Waals surface area contributed by atoms with E-state index in [9.17, 15) is 4.79 Å². The van der Waals surface area contributed by atoms with Gasteiger partial charge in [0, 0.05) is 5.38 Å². The molecule has 0 saturated heterocycles. The molecule has 0 bridgehead atoms. The van der Waals surface area contributed by atoms with Gasteiger partial charge >= 0.3 is 0 Å². The lowest BCUT2D eigenvalue weighted by molar-refractivity contribution is 0.0963. The van der Waals surface area contributed by atoms with Crippen LogP contribution in [0, 0.1) is 0 Å². The highest BCUT2D eigenvalue weighted by atomic mass is 79.9. The molecule has 11 heavy (non-hydrogen) atoms. The molecule has 0 amide bonds. The summed E-state index contributed by atoms with van der Waals surface area (Å²) >= 11 is 4.54. The first-order valence-electron chi connectivity index (χ1n) is 3.02. The summed E-state index contributed by atoms with van der Waals surface area (Å²) in [6.45, 7) is 1.65. The number of aromatic nitrogens is 1.